The first-order valence-corrected chi connectivity index (χ1v) is 12.1. The minimum Gasteiger partial charge on any atom is -0.493 e. The van der Waals surface area contributed by atoms with Crippen LogP contribution in [0, 0.1) is 6.92 Å². The molecule has 0 unspecified atom stereocenters. The molecular formula is C30H32ClNO3. The van der Waals surface area contributed by atoms with Gasteiger partial charge in [-0.3, -0.25) is 4.79 Å². The van der Waals surface area contributed by atoms with Gasteiger partial charge in [-0.1, -0.05) is 54.4 Å². The molecule has 0 N–H and O–H groups in total. The third-order valence-electron chi connectivity index (χ3n) is 6.91. The molecule has 1 aliphatic heterocycles. The molecule has 0 aromatic heterocycles. The predicted octanol–water partition coefficient (Wildman–Crippen LogP) is 7.20. The Morgan fingerprint density at radius 1 is 0.943 bits per heavy atom. The van der Waals surface area contributed by atoms with Crippen LogP contribution >= 0.6 is 11.6 Å². The maximum Gasteiger partial charge on any atom is 0.251 e. The van der Waals surface area contributed by atoms with Crippen LogP contribution in [0.4, 0.5) is 5.69 Å². The summed E-state index contributed by atoms with van der Waals surface area (Å²) in [5, 5.41) is 0.717. The summed E-state index contributed by atoms with van der Waals surface area (Å²) in [6.07, 6.45) is 4.23. The summed E-state index contributed by atoms with van der Waals surface area (Å²) in [5.74, 6) is 1.21. The number of aryl methyl sites for hydroxylation is 1. The molecule has 0 fully saturated rings. The third kappa shape index (κ3) is 4.68. The van der Waals surface area contributed by atoms with E-state index >= 15 is 0 Å². The largest absolute Gasteiger partial charge is 0.493 e. The van der Waals surface area contributed by atoms with Gasteiger partial charge in [-0.25, -0.2) is 0 Å². The number of amides is 1. The Hall–Kier alpha value is -3.24. The zero-order valence-electron chi connectivity index (χ0n) is 21.2. The van der Waals surface area contributed by atoms with E-state index < -0.39 is 5.54 Å². The number of carbonyl (C=O) groups excluding carboxylic acids is 1. The second kappa shape index (κ2) is 9.43. The number of benzene rings is 3. The highest BCUT2D eigenvalue weighted by Crippen LogP contribution is 2.50. The molecule has 3 aromatic carbocycles. The number of anilines is 1. The Bertz CT molecular complexity index is 1280. The first-order chi connectivity index (χ1) is 16.6. The van der Waals surface area contributed by atoms with Crippen LogP contribution in [0.2, 0.25) is 5.02 Å². The average molecular weight is 490 g/mol. The molecule has 182 valence electrons. The van der Waals surface area contributed by atoms with Gasteiger partial charge < -0.3 is 14.4 Å². The van der Waals surface area contributed by atoms with Crippen molar-refractivity contribution in [1.82, 2.24) is 0 Å². The molecule has 4 nitrogen and oxygen atoms in total. The van der Waals surface area contributed by atoms with Crippen LogP contribution in [-0.4, -0.2) is 25.7 Å². The molecule has 3 aromatic rings. The highest BCUT2D eigenvalue weighted by molar-refractivity contribution is 6.30. The summed E-state index contributed by atoms with van der Waals surface area (Å²) < 4.78 is 10.7. The zero-order valence-corrected chi connectivity index (χ0v) is 21.9. The molecule has 5 heteroatoms. The lowest BCUT2D eigenvalue weighted by molar-refractivity contribution is -0.115. The van der Waals surface area contributed by atoms with Crippen LogP contribution in [0.25, 0.3) is 6.08 Å². The van der Waals surface area contributed by atoms with Crippen molar-refractivity contribution in [2.75, 3.05) is 19.1 Å². The van der Waals surface area contributed by atoms with Gasteiger partial charge in [0.1, 0.15) is 0 Å². The fraction of sp³-hybridized carbons (Fsp3) is 0.300. The molecule has 35 heavy (non-hydrogen) atoms. The van der Waals surface area contributed by atoms with Gasteiger partial charge in [0, 0.05) is 27.7 Å². The van der Waals surface area contributed by atoms with E-state index in [2.05, 4.69) is 58.0 Å². The molecule has 1 aliphatic rings. The van der Waals surface area contributed by atoms with Crippen LogP contribution in [0.5, 0.6) is 11.5 Å². The molecule has 1 atom stereocenters. The van der Waals surface area contributed by atoms with Crippen LogP contribution in [0.1, 0.15) is 49.4 Å². The van der Waals surface area contributed by atoms with Crippen molar-refractivity contribution in [3.05, 3.63) is 94.0 Å². The van der Waals surface area contributed by atoms with E-state index in [1.165, 1.54) is 5.56 Å². The molecule has 0 spiro atoms. The number of methoxy groups -OCH3 is 2. The van der Waals surface area contributed by atoms with E-state index in [9.17, 15) is 4.79 Å². The van der Waals surface area contributed by atoms with Crippen molar-refractivity contribution >= 4 is 29.3 Å². The first kappa shape index (κ1) is 24.9. The van der Waals surface area contributed by atoms with Crippen LogP contribution < -0.4 is 14.4 Å². The summed E-state index contributed by atoms with van der Waals surface area (Å²) in [6.45, 7) is 8.61. The van der Waals surface area contributed by atoms with Crippen molar-refractivity contribution in [3.8, 4) is 11.5 Å². The predicted molar refractivity (Wildman–Crippen MR) is 144 cm³/mol. The molecule has 4 rings (SSSR count). The topological polar surface area (TPSA) is 38.8 Å². The zero-order chi connectivity index (χ0) is 25.4. The van der Waals surface area contributed by atoms with E-state index in [1.807, 2.05) is 41.3 Å². The second-order valence-electron chi connectivity index (χ2n) is 9.97. The van der Waals surface area contributed by atoms with Gasteiger partial charge in [-0.15, -0.1) is 0 Å². The summed E-state index contributed by atoms with van der Waals surface area (Å²) in [6, 6.07) is 20.0. The van der Waals surface area contributed by atoms with Gasteiger partial charge in [-0.05, 0) is 80.3 Å². The summed E-state index contributed by atoms with van der Waals surface area (Å²) in [5.41, 5.74) is 4.61. The summed E-state index contributed by atoms with van der Waals surface area (Å²) in [4.78, 5) is 15.6. The lowest BCUT2D eigenvalue weighted by Gasteiger charge is -2.51. The highest BCUT2D eigenvalue weighted by Gasteiger charge is 2.47. The number of ether oxygens (including phenoxy) is 2. The summed E-state index contributed by atoms with van der Waals surface area (Å²) >= 11 is 6.19. The van der Waals surface area contributed by atoms with Crippen LogP contribution in [0.15, 0.2) is 66.7 Å². The first-order valence-electron chi connectivity index (χ1n) is 11.7. The molecule has 0 bridgehead atoms. The van der Waals surface area contributed by atoms with E-state index in [-0.39, 0.29) is 11.3 Å². The Labute approximate surface area is 213 Å². The number of nitrogens with zero attached hydrogens (tertiary/aromatic N) is 1. The number of fused-ring (bicyclic) bond motifs is 1. The second-order valence-corrected chi connectivity index (χ2v) is 10.4. The molecule has 0 saturated heterocycles. The Morgan fingerprint density at radius 2 is 1.63 bits per heavy atom. The normalized spacial score (nSPS) is 18.9. The SMILES string of the molecule is COc1ccc(/C=C\C(=O)N2c3ccc(C)cc3[C@](C)(c3ccc(Cl)cc3)CC2(C)C)cc1OC. The molecule has 1 heterocycles. The lowest BCUT2D eigenvalue weighted by Crippen LogP contribution is -2.55. The third-order valence-corrected chi connectivity index (χ3v) is 7.16. The quantitative estimate of drug-likeness (QED) is 0.356. The number of hydrogen-bond donors (Lipinski definition) is 0. The van der Waals surface area contributed by atoms with Crippen LogP contribution in [0.3, 0.4) is 0 Å². The Morgan fingerprint density at radius 3 is 2.29 bits per heavy atom. The van der Waals surface area contributed by atoms with Gasteiger partial charge in [0.2, 0.25) is 0 Å². The molecule has 0 radical (unpaired) electrons. The van der Waals surface area contributed by atoms with E-state index in [0.29, 0.717) is 16.5 Å². The van der Waals surface area contributed by atoms with Gasteiger partial charge in [0.25, 0.3) is 5.91 Å². The van der Waals surface area contributed by atoms with Gasteiger partial charge in [0.05, 0.1) is 14.2 Å². The van der Waals surface area contributed by atoms with Crippen molar-refractivity contribution in [1.29, 1.82) is 0 Å². The van der Waals surface area contributed by atoms with Crippen molar-refractivity contribution in [2.24, 2.45) is 0 Å². The number of rotatable bonds is 5. The van der Waals surface area contributed by atoms with Gasteiger partial charge in [0.15, 0.2) is 11.5 Å². The van der Waals surface area contributed by atoms with Gasteiger partial charge in [-0.2, -0.15) is 0 Å². The fourth-order valence-electron chi connectivity index (χ4n) is 5.34. The van der Waals surface area contributed by atoms with Crippen molar-refractivity contribution in [2.45, 2.75) is 45.1 Å². The maximum atomic E-state index is 13.7. The van der Waals surface area contributed by atoms with E-state index in [1.54, 1.807) is 20.3 Å². The van der Waals surface area contributed by atoms with E-state index in [0.717, 1.165) is 28.8 Å². The molecule has 1 amide bonds. The standard InChI is InChI=1S/C30H32ClNO3/c1-20-7-14-25-24(17-20)30(4,22-10-12-23(31)13-11-22)19-29(2,3)32(25)28(33)16-9-21-8-15-26(34-5)27(18-21)35-6/h7-18H,19H2,1-6H3/b16-9-/t30-/m0/s1. The minimum absolute atomic E-state index is 0.0620. The number of hydrogen-bond acceptors (Lipinski definition) is 3. The average Bonchev–Trinajstić information content (AvgIpc) is 2.82. The molecule has 0 aliphatic carbocycles. The maximum absolute atomic E-state index is 13.7. The smallest absolute Gasteiger partial charge is 0.251 e. The molecule has 0 saturated carbocycles. The highest BCUT2D eigenvalue weighted by atomic mass is 35.5. The lowest BCUT2D eigenvalue weighted by atomic mass is 9.65. The Balaban J connectivity index is 1.75. The number of halogens is 1. The van der Waals surface area contributed by atoms with Crippen molar-refractivity contribution < 1.29 is 14.3 Å². The van der Waals surface area contributed by atoms with Gasteiger partial charge >= 0.3 is 0 Å². The van der Waals surface area contributed by atoms with Crippen molar-refractivity contribution in [3.63, 3.8) is 0 Å². The Kier molecular flexibility index (Phi) is 6.70. The van der Waals surface area contributed by atoms with Crippen LogP contribution in [-0.2, 0) is 10.2 Å². The fourth-order valence-corrected chi connectivity index (χ4v) is 5.47. The van der Waals surface area contributed by atoms with E-state index in [4.69, 9.17) is 21.1 Å². The monoisotopic (exact) mass is 489 g/mol. The summed E-state index contributed by atoms with van der Waals surface area (Å²) in [7, 11) is 3.20. The molecular weight excluding hydrogens is 458 g/mol. The number of carbonyl (C=O) groups is 1. The minimum atomic E-state index is -0.421.